The SMILES string of the molecule is C.C.CC(=O)c1ccc(C(F)(F)Cl)nc1.CC(O)c1ccc(C(F)(F)Cl)nc1.CO.[B].[B].[H-].[Na+]. The molecule has 2 aromatic heterocycles. The third-order valence-electron chi connectivity index (χ3n) is 3.02. The summed E-state index contributed by atoms with van der Waals surface area (Å²) in [6, 6.07) is 4.75. The zero-order valence-electron chi connectivity index (χ0n) is 18.2. The second-order valence-electron chi connectivity index (χ2n) is 5.14. The largest absolute Gasteiger partial charge is 1.00 e. The minimum absolute atomic E-state index is 0. The van der Waals surface area contributed by atoms with E-state index in [4.69, 9.17) is 33.4 Å². The van der Waals surface area contributed by atoms with Gasteiger partial charge in [-0.1, -0.05) is 20.9 Å². The number of hydrogen-bond donors (Lipinski definition) is 2. The van der Waals surface area contributed by atoms with Gasteiger partial charge in [0.2, 0.25) is 0 Å². The molecule has 5 nitrogen and oxygen atoms in total. The molecular formula is C19H27B2Cl2F4N2NaO3. The fourth-order valence-corrected chi connectivity index (χ4v) is 1.81. The molecule has 14 heteroatoms. The van der Waals surface area contributed by atoms with E-state index in [2.05, 4.69) is 9.97 Å². The van der Waals surface area contributed by atoms with Gasteiger partial charge >= 0.3 is 40.3 Å². The van der Waals surface area contributed by atoms with Gasteiger partial charge < -0.3 is 11.6 Å². The Hall–Kier alpha value is -0.680. The van der Waals surface area contributed by atoms with E-state index in [0.717, 1.165) is 25.4 Å². The van der Waals surface area contributed by atoms with Gasteiger partial charge in [-0.25, -0.2) is 0 Å². The van der Waals surface area contributed by atoms with E-state index in [1.54, 1.807) is 0 Å². The number of Topliss-reactive ketones (excluding diaryl/α,β-unsaturated/α-hetero) is 1. The van der Waals surface area contributed by atoms with Crippen LogP contribution in [0.15, 0.2) is 36.7 Å². The molecule has 1 atom stereocenters. The molecule has 0 saturated heterocycles. The summed E-state index contributed by atoms with van der Waals surface area (Å²) in [5.41, 5.74) is -0.313. The molecule has 2 N–H and O–H groups in total. The maximum Gasteiger partial charge on any atom is 1.00 e. The van der Waals surface area contributed by atoms with Gasteiger partial charge in [-0.05, 0) is 60.8 Å². The Bertz CT molecular complexity index is 757. The fraction of sp³-hybridized carbons (Fsp3) is 0.421. The molecule has 0 aromatic carbocycles. The molecule has 0 aliphatic carbocycles. The number of hydrogen-bond acceptors (Lipinski definition) is 5. The number of nitrogens with zero attached hydrogens (tertiary/aromatic N) is 2. The van der Waals surface area contributed by atoms with E-state index in [9.17, 15) is 22.4 Å². The Labute approximate surface area is 230 Å². The summed E-state index contributed by atoms with van der Waals surface area (Å²) >= 11 is 9.44. The third-order valence-corrected chi connectivity index (χ3v) is 3.41. The van der Waals surface area contributed by atoms with Gasteiger partial charge in [-0.2, -0.15) is 17.6 Å². The molecule has 2 aromatic rings. The van der Waals surface area contributed by atoms with Crippen molar-refractivity contribution in [3.8, 4) is 0 Å². The third kappa shape index (κ3) is 17.4. The molecule has 0 saturated carbocycles. The van der Waals surface area contributed by atoms with Gasteiger partial charge in [0.1, 0.15) is 11.4 Å². The molecule has 2 rings (SSSR count). The average Bonchev–Trinajstić information content (AvgIpc) is 2.62. The predicted octanol–water partition coefficient (Wildman–Crippen LogP) is 2.23. The number of aliphatic hydroxyl groups excluding tert-OH is 2. The van der Waals surface area contributed by atoms with Crippen molar-refractivity contribution in [2.75, 3.05) is 7.11 Å². The van der Waals surface area contributed by atoms with Crippen LogP contribution in [0.5, 0.6) is 0 Å². The zero-order chi connectivity index (χ0) is 22.1. The van der Waals surface area contributed by atoms with Crippen molar-refractivity contribution >= 4 is 45.8 Å². The van der Waals surface area contributed by atoms with E-state index >= 15 is 0 Å². The number of carbonyl (C=O) groups excluding carboxylic acids is 1. The van der Waals surface area contributed by atoms with Crippen LogP contribution in [-0.4, -0.2) is 49.9 Å². The molecule has 0 spiro atoms. The number of pyridine rings is 2. The van der Waals surface area contributed by atoms with Gasteiger partial charge in [0, 0.05) is 41.9 Å². The molecular weight excluding hydrogens is 496 g/mol. The van der Waals surface area contributed by atoms with Crippen LogP contribution in [0.25, 0.3) is 0 Å². The summed E-state index contributed by atoms with van der Waals surface area (Å²) in [5, 5.41) is 9.13. The molecule has 0 bridgehead atoms. The Kier molecular flexibility index (Phi) is 28.7. The van der Waals surface area contributed by atoms with Crippen LogP contribution in [0.4, 0.5) is 17.6 Å². The summed E-state index contributed by atoms with van der Waals surface area (Å²) in [6.07, 6.45) is 1.54. The number of alkyl halides is 6. The predicted molar refractivity (Wildman–Crippen MR) is 123 cm³/mol. The van der Waals surface area contributed by atoms with Crippen LogP contribution in [0.3, 0.4) is 0 Å². The van der Waals surface area contributed by atoms with Crippen LogP contribution in [0.2, 0.25) is 0 Å². The molecule has 1 unspecified atom stereocenters. The number of aromatic nitrogens is 2. The second-order valence-corrected chi connectivity index (χ2v) is 6.09. The van der Waals surface area contributed by atoms with Crippen molar-refractivity contribution in [2.24, 2.45) is 0 Å². The van der Waals surface area contributed by atoms with Crippen LogP contribution >= 0.6 is 23.2 Å². The van der Waals surface area contributed by atoms with Gasteiger partial charge in [0.05, 0.1) is 6.10 Å². The first-order valence-corrected chi connectivity index (χ1v) is 8.28. The molecule has 6 radical (unpaired) electrons. The zero-order valence-corrected chi connectivity index (χ0v) is 20.7. The minimum Gasteiger partial charge on any atom is -1.00 e. The Morgan fingerprint density at radius 2 is 1.30 bits per heavy atom. The summed E-state index contributed by atoms with van der Waals surface area (Å²) in [5.74, 6) is -0.225. The van der Waals surface area contributed by atoms with Crippen LogP contribution in [-0.2, 0) is 10.8 Å². The van der Waals surface area contributed by atoms with Crippen molar-refractivity contribution < 1.29 is 63.6 Å². The maximum atomic E-state index is 12.4. The smallest absolute Gasteiger partial charge is 1.00 e. The van der Waals surface area contributed by atoms with E-state index in [1.165, 1.54) is 32.2 Å². The van der Waals surface area contributed by atoms with Gasteiger partial charge in [-0.3, -0.25) is 14.8 Å². The number of carbonyl (C=O) groups is 1. The van der Waals surface area contributed by atoms with Crippen molar-refractivity contribution in [2.45, 2.75) is 45.6 Å². The monoisotopic (exact) mass is 522 g/mol. The molecule has 180 valence electrons. The number of halogens is 6. The normalized spacial score (nSPS) is 10.3. The molecule has 0 aliphatic heterocycles. The number of ketones is 1. The van der Waals surface area contributed by atoms with Gasteiger partial charge in [0.15, 0.2) is 5.78 Å². The van der Waals surface area contributed by atoms with Crippen molar-refractivity contribution in [1.82, 2.24) is 9.97 Å². The molecule has 2 heterocycles. The summed E-state index contributed by atoms with van der Waals surface area (Å²) in [6.45, 7) is 2.85. The van der Waals surface area contributed by atoms with Gasteiger partial charge in [0.25, 0.3) is 0 Å². The summed E-state index contributed by atoms with van der Waals surface area (Å²) < 4.78 is 49.7. The number of aliphatic hydroxyl groups is 2. The Morgan fingerprint density at radius 1 is 0.939 bits per heavy atom. The first-order chi connectivity index (χ1) is 12.8. The topological polar surface area (TPSA) is 83.3 Å². The van der Waals surface area contributed by atoms with Crippen LogP contribution < -0.4 is 29.6 Å². The number of rotatable bonds is 4. The molecule has 33 heavy (non-hydrogen) atoms. The first-order valence-electron chi connectivity index (χ1n) is 7.52. The Balaban J connectivity index is -0.0000000685. The van der Waals surface area contributed by atoms with Crippen molar-refractivity contribution in [3.63, 3.8) is 0 Å². The summed E-state index contributed by atoms with van der Waals surface area (Å²) in [4.78, 5) is 17.5. The minimum atomic E-state index is -3.48. The Morgan fingerprint density at radius 3 is 1.52 bits per heavy atom. The van der Waals surface area contributed by atoms with E-state index in [-0.39, 0.29) is 74.0 Å². The second kappa shape index (κ2) is 20.7. The maximum absolute atomic E-state index is 12.4. The van der Waals surface area contributed by atoms with Gasteiger partial charge in [-0.15, -0.1) is 0 Å². The quantitative estimate of drug-likeness (QED) is 0.278. The van der Waals surface area contributed by atoms with Crippen LogP contribution in [0, 0.1) is 0 Å². The fourth-order valence-electron chi connectivity index (χ4n) is 1.59. The molecule has 0 amide bonds. The van der Waals surface area contributed by atoms with E-state index < -0.39 is 28.3 Å². The van der Waals surface area contributed by atoms with Crippen molar-refractivity contribution in [3.05, 3.63) is 59.2 Å². The van der Waals surface area contributed by atoms with E-state index in [0.29, 0.717) is 5.56 Å². The standard InChI is InChI=1S/C8H8ClF2NO.C8H6ClF2NO.CH4O.2CH4.2B.Na.H/c2*1-5(13)6-2-3-7(12-4-6)8(9,10)11;1-2;;;;;;/h2-5,13H,1H3;2-4H,1H3;2H,1H3;2*1H4;;;;/q;;;;;;;+1;-1. The van der Waals surface area contributed by atoms with Crippen molar-refractivity contribution in [1.29, 1.82) is 0 Å². The first kappa shape index (κ1) is 45.8. The average molecular weight is 523 g/mol. The molecule has 0 aliphatic rings. The van der Waals surface area contributed by atoms with E-state index in [1.807, 2.05) is 0 Å². The van der Waals surface area contributed by atoms with Crippen LogP contribution in [0.1, 0.15) is 63.5 Å². The molecule has 0 fully saturated rings. The summed E-state index contributed by atoms with van der Waals surface area (Å²) in [7, 11) is 1.00.